The van der Waals surface area contributed by atoms with E-state index in [2.05, 4.69) is 5.32 Å². The molecule has 1 amide bonds. The van der Waals surface area contributed by atoms with Crippen LogP contribution in [-0.2, 0) is 4.79 Å². The predicted octanol–water partition coefficient (Wildman–Crippen LogP) is 2.54. The van der Waals surface area contributed by atoms with Gasteiger partial charge in [-0.25, -0.2) is 0 Å². The number of hydrogen-bond acceptors (Lipinski definition) is 3. The zero-order valence-corrected chi connectivity index (χ0v) is 11.4. The van der Waals surface area contributed by atoms with Gasteiger partial charge in [0.25, 0.3) is 0 Å². The van der Waals surface area contributed by atoms with E-state index in [0.717, 1.165) is 37.1 Å². The van der Waals surface area contributed by atoms with E-state index in [9.17, 15) is 4.79 Å². The molecule has 0 bridgehead atoms. The number of carbonyl (C=O) groups excluding carboxylic acids is 1. The minimum absolute atomic E-state index is 0.0263. The Morgan fingerprint density at radius 3 is 2.95 bits per heavy atom. The number of anilines is 1. The molecule has 0 spiro atoms. The van der Waals surface area contributed by atoms with Gasteiger partial charge < -0.3 is 15.8 Å². The molecule has 0 radical (unpaired) electrons. The molecule has 1 saturated carbocycles. The molecule has 0 heterocycles. The van der Waals surface area contributed by atoms with Crippen molar-refractivity contribution in [3.63, 3.8) is 0 Å². The van der Waals surface area contributed by atoms with Crippen LogP contribution in [0.15, 0.2) is 24.3 Å². The van der Waals surface area contributed by atoms with Gasteiger partial charge in [-0.2, -0.15) is 0 Å². The first-order valence-electron chi connectivity index (χ1n) is 6.99. The van der Waals surface area contributed by atoms with Crippen LogP contribution in [0.2, 0.25) is 0 Å². The van der Waals surface area contributed by atoms with E-state index in [1.807, 2.05) is 31.2 Å². The summed E-state index contributed by atoms with van der Waals surface area (Å²) in [7, 11) is 0. The molecule has 1 aromatic carbocycles. The monoisotopic (exact) mass is 262 g/mol. The average Bonchev–Trinajstić information content (AvgIpc) is 2.41. The lowest BCUT2D eigenvalue weighted by Crippen LogP contribution is -2.34. The Bertz CT molecular complexity index is 434. The fourth-order valence-electron chi connectivity index (χ4n) is 2.55. The molecule has 2 unspecified atom stereocenters. The lowest BCUT2D eigenvalue weighted by atomic mass is 9.85. The van der Waals surface area contributed by atoms with Crippen molar-refractivity contribution in [1.82, 2.24) is 0 Å². The third kappa shape index (κ3) is 3.70. The molecule has 4 nitrogen and oxygen atoms in total. The summed E-state index contributed by atoms with van der Waals surface area (Å²) in [6.45, 7) is 2.51. The summed E-state index contributed by atoms with van der Waals surface area (Å²) in [4.78, 5) is 12.2. The lowest BCUT2D eigenvalue weighted by molar-refractivity contribution is -0.120. The van der Waals surface area contributed by atoms with Gasteiger partial charge in [0.15, 0.2) is 0 Å². The summed E-state index contributed by atoms with van der Waals surface area (Å²) >= 11 is 0. The fourth-order valence-corrected chi connectivity index (χ4v) is 2.55. The summed E-state index contributed by atoms with van der Waals surface area (Å²) in [5.74, 6) is 0.805. The summed E-state index contributed by atoms with van der Waals surface area (Å²) in [5.41, 5.74) is 6.67. The van der Waals surface area contributed by atoms with Gasteiger partial charge in [0.1, 0.15) is 5.75 Å². The molecule has 2 atom stereocenters. The molecule has 0 aromatic heterocycles. The average molecular weight is 262 g/mol. The van der Waals surface area contributed by atoms with Crippen LogP contribution < -0.4 is 15.8 Å². The standard InChI is InChI=1S/C15H22N2O2/c1-2-19-14-9-4-3-8-13(14)17-15(18)11-6-5-7-12(16)10-11/h3-4,8-9,11-12H,2,5-7,10,16H2,1H3,(H,17,18). The number of para-hydroxylation sites is 2. The van der Waals surface area contributed by atoms with Crippen molar-refractivity contribution in [3.8, 4) is 5.75 Å². The van der Waals surface area contributed by atoms with Crippen molar-refractivity contribution in [3.05, 3.63) is 24.3 Å². The van der Waals surface area contributed by atoms with Gasteiger partial charge in [-0.1, -0.05) is 18.6 Å². The largest absolute Gasteiger partial charge is 0.492 e. The number of rotatable bonds is 4. The van der Waals surface area contributed by atoms with Gasteiger partial charge in [-0.3, -0.25) is 4.79 Å². The molecule has 104 valence electrons. The number of carbonyl (C=O) groups is 1. The van der Waals surface area contributed by atoms with E-state index in [1.54, 1.807) is 0 Å². The quantitative estimate of drug-likeness (QED) is 0.876. The third-order valence-electron chi connectivity index (χ3n) is 3.53. The maximum atomic E-state index is 12.2. The maximum absolute atomic E-state index is 12.2. The van der Waals surface area contributed by atoms with Crippen molar-refractivity contribution >= 4 is 11.6 Å². The van der Waals surface area contributed by atoms with Gasteiger partial charge in [-0.15, -0.1) is 0 Å². The Labute approximate surface area is 114 Å². The van der Waals surface area contributed by atoms with E-state index in [4.69, 9.17) is 10.5 Å². The first-order valence-corrected chi connectivity index (χ1v) is 6.99. The second-order valence-corrected chi connectivity index (χ2v) is 5.04. The van der Waals surface area contributed by atoms with Crippen LogP contribution in [-0.4, -0.2) is 18.6 Å². The van der Waals surface area contributed by atoms with E-state index < -0.39 is 0 Å². The summed E-state index contributed by atoms with van der Waals surface area (Å²) in [5, 5.41) is 2.97. The summed E-state index contributed by atoms with van der Waals surface area (Å²) in [6.07, 6.45) is 3.77. The van der Waals surface area contributed by atoms with Crippen LogP contribution in [0.3, 0.4) is 0 Å². The van der Waals surface area contributed by atoms with Crippen LogP contribution in [0.4, 0.5) is 5.69 Å². The van der Waals surface area contributed by atoms with Crippen LogP contribution in [0.1, 0.15) is 32.6 Å². The van der Waals surface area contributed by atoms with Crippen molar-refractivity contribution < 1.29 is 9.53 Å². The number of amides is 1. The van der Waals surface area contributed by atoms with Crippen LogP contribution in [0.25, 0.3) is 0 Å². The van der Waals surface area contributed by atoms with E-state index in [0.29, 0.717) is 6.61 Å². The second kappa shape index (κ2) is 6.57. The number of hydrogen-bond donors (Lipinski definition) is 2. The molecule has 1 aromatic rings. The Morgan fingerprint density at radius 1 is 1.42 bits per heavy atom. The highest BCUT2D eigenvalue weighted by molar-refractivity contribution is 5.94. The van der Waals surface area contributed by atoms with Gasteiger partial charge in [0.2, 0.25) is 5.91 Å². The summed E-state index contributed by atoms with van der Waals surface area (Å²) < 4.78 is 5.51. The van der Waals surface area contributed by atoms with Crippen molar-refractivity contribution in [2.24, 2.45) is 11.7 Å². The van der Waals surface area contributed by atoms with Crippen LogP contribution >= 0.6 is 0 Å². The first kappa shape index (κ1) is 13.9. The van der Waals surface area contributed by atoms with Crippen LogP contribution in [0, 0.1) is 5.92 Å². The Kier molecular flexibility index (Phi) is 4.80. The first-order chi connectivity index (χ1) is 9.20. The Morgan fingerprint density at radius 2 is 2.21 bits per heavy atom. The number of ether oxygens (including phenoxy) is 1. The molecular weight excluding hydrogens is 240 g/mol. The van der Waals surface area contributed by atoms with E-state index in [-0.39, 0.29) is 17.9 Å². The zero-order chi connectivity index (χ0) is 13.7. The predicted molar refractivity (Wildman–Crippen MR) is 76.2 cm³/mol. The minimum Gasteiger partial charge on any atom is -0.492 e. The van der Waals surface area contributed by atoms with E-state index in [1.165, 1.54) is 0 Å². The molecule has 2 rings (SSSR count). The van der Waals surface area contributed by atoms with Crippen molar-refractivity contribution in [2.75, 3.05) is 11.9 Å². The SMILES string of the molecule is CCOc1ccccc1NC(=O)C1CCCC(N)C1. The molecule has 19 heavy (non-hydrogen) atoms. The molecule has 0 aliphatic heterocycles. The number of nitrogens with one attached hydrogen (secondary N) is 1. The molecular formula is C15H22N2O2. The molecule has 1 aliphatic rings. The Balaban J connectivity index is 2.02. The van der Waals surface area contributed by atoms with Crippen molar-refractivity contribution in [1.29, 1.82) is 0 Å². The van der Waals surface area contributed by atoms with Gasteiger partial charge in [-0.05, 0) is 38.3 Å². The van der Waals surface area contributed by atoms with Crippen molar-refractivity contribution in [2.45, 2.75) is 38.6 Å². The molecule has 1 aliphatic carbocycles. The number of benzene rings is 1. The highest BCUT2D eigenvalue weighted by atomic mass is 16.5. The topological polar surface area (TPSA) is 64.3 Å². The fraction of sp³-hybridized carbons (Fsp3) is 0.533. The minimum atomic E-state index is 0.0263. The molecule has 4 heteroatoms. The van der Waals surface area contributed by atoms with Crippen LogP contribution in [0.5, 0.6) is 5.75 Å². The van der Waals surface area contributed by atoms with E-state index >= 15 is 0 Å². The lowest BCUT2D eigenvalue weighted by Gasteiger charge is -2.25. The molecule has 0 saturated heterocycles. The Hall–Kier alpha value is -1.55. The molecule has 3 N–H and O–H groups in total. The zero-order valence-electron chi connectivity index (χ0n) is 11.4. The summed E-state index contributed by atoms with van der Waals surface area (Å²) in [6, 6.07) is 7.69. The van der Waals surface area contributed by atoms with Gasteiger partial charge in [0.05, 0.1) is 12.3 Å². The van der Waals surface area contributed by atoms with Gasteiger partial charge >= 0.3 is 0 Å². The number of nitrogens with two attached hydrogens (primary N) is 1. The smallest absolute Gasteiger partial charge is 0.227 e. The second-order valence-electron chi connectivity index (χ2n) is 5.04. The normalized spacial score (nSPS) is 22.8. The maximum Gasteiger partial charge on any atom is 0.227 e. The van der Waals surface area contributed by atoms with Gasteiger partial charge in [0, 0.05) is 12.0 Å². The molecule has 1 fully saturated rings. The highest BCUT2D eigenvalue weighted by Crippen LogP contribution is 2.28. The third-order valence-corrected chi connectivity index (χ3v) is 3.53. The highest BCUT2D eigenvalue weighted by Gasteiger charge is 2.25.